The van der Waals surface area contributed by atoms with Crippen LogP contribution in [0.15, 0.2) is 52.9 Å². The Labute approximate surface area is 123 Å². The zero-order valence-corrected chi connectivity index (χ0v) is 12.2. The topological polar surface area (TPSA) is 42.6 Å². The van der Waals surface area contributed by atoms with Crippen LogP contribution in [0.1, 0.15) is 29.9 Å². The van der Waals surface area contributed by atoms with Crippen LogP contribution >= 0.6 is 0 Å². The highest BCUT2D eigenvalue weighted by Crippen LogP contribution is 2.30. The van der Waals surface area contributed by atoms with Crippen LogP contribution in [0, 0.1) is 6.92 Å². The number of rotatable bonds is 4. The van der Waals surface area contributed by atoms with Gasteiger partial charge in [-0.3, -0.25) is 0 Å². The number of hydrogen-bond acceptors (Lipinski definition) is 3. The molecular formula is C18H18O3. The first-order valence-electron chi connectivity index (χ1n) is 7.09. The third kappa shape index (κ3) is 2.65. The first kappa shape index (κ1) is 13.7. The summed E-state index contributed by atoms with van der Waals surface area (Å²) in [5.74, 6) is 1.36. The van der Waals surface area contributed by atoms with Gasteiger partial charge in [0.15, 0.2) is 0 Å². The predicted molar refractivity (Wildman–Crippen MR) is 82.6 cm³/mol. The Hall–Kier alpha value is -2.26. The van der Waals surface area contributed by atoms with Gasteiger partial charge in [-0.2, -0.15) is 0 Å². The first-order valence-corrected chi connectivity index (χ1v) is 7.09. The van der Waals surface area contributed by atoms with Gasteiger partial charge < -0.3 is 14.3 Å². The zero-order valence-electron chi connectivity index (χ0n) is 12.2. The molecule has 0 aliphatic carbocycles. The maximum atomic E-state index is 10.5. The highest BCUT2D eigenvalue weighted by Gasteiger charge is 2.16. The van der Waals surface area contributed by atoms with Crippen molar-refractivity contribution in [3.63, 3.8) is 0 Å². The van der Waals surface area contributed by atoms with Crippen molar-refractivity contribution in [1.29, 1.82) is 0 Å². The summed E-state index contributed by atoms with van der Waals surface area (Å²) in [6.07, 6.45) is -0.771. The lowest BCUT2D eigenvalue weighted by atomic mass is 10.1. The zero-order chi connectivity index (χ0) is 14.8. The summed E-state index contributed by atoms with van der Waals surface area (Å²) in [5.41, 5.74) is 2.69. The van der Waals surface area contributed by atoms with Gasteiger partial charge in [-0.1, -0.05) is 30.3 Å². The molecule has 1 atom stereocenters. The molecule has 0 saturated carbocycles. The molecule has 3 aromatic rings. The molecule has 0 fully saturated rings. The number of furan rings is 1. The van der Waals surface area contributed by atoms with Gasteiger partial charge in [-0.15, -0.1) is 0 Å². The minimum absolute atomic E-state index is 0.559. The van der Waals surface area contributed by atoms with Gasteiger partial charge in [0.1, 0.15) is 23.2 Å². The van der Waals surface area contributed by atoms with Gasteiger partial charge in [0.05, 0.1) is 6.61 Å². The van der Waals surface area contributed by atoms with Crippen molar-refractivity contribution in [2.75, 3.05) is 6.61 Å². The Bertz CT molecular complexity index is 741. The minimum atomic E-state index is -0.771. The molecule has 0 aliphatic rings. The monoisotopic (exact) mass is 282 g/mol. The predicted octanol–water partition coefficient (Wildman–Crippen LogP) is 4.22. The number of hydrogen-bond donors (Lipinski definition) is 1. The molecule has 2 aromatic carbocycles. The van der Waals surface area contributed by atoms with Crippen molar-refractivity contribution < 1.29 is 14.3 Å². The molecular weight excluding hydrogens is 264 g/mol. The van der Waals surface area contributed by atoms with Crippen molar-refractivity contribution in [3.8, 4) is 5.75 Å². The molecule has 0 radical (unpaired) electrons. The fraction of sp³-hybridized carbons (Fsp3) is 0.222. The molecule has 0 aliphatic heterocycles. The van der Waals surface area contributed by atoms with Gasteiger partial charge in [0.25, 0.3) is 0 Å². The molecule has 1 heterocycles. The Morgan fingerprint density at radius 1 is 1.14 bits per heavy atom. The Morgan fingerprint density at radius 2 is 1.90 bits per heavy atom. The molecule has 3 heteroatoms. The van der Waals surface area contributed by atoms with Gasteiger partial charge in [0.2, 0.25) is 0 Å². The van der Waals surface area contributed by atoms with Crippen LogP contribution in [-0.4, -0.2) is 11.7 Å². The molecule has 3 rings (SSSR count). The standard InChI is InChI=1S/C18H18O3/c1-3-20-15-9-7-13(8-10-15)17(19)16-11-14-6-4-5-12(2)18(14)21-16/h4-11,17,19H,3H2,1-2H3. The second-order valence-electron chi connectivity index (χ2n) is 5.05. The molecule has 0 amide bonds. The molecule has 1 N–H and O–H groups in total. The lowest BCUT2D eigenvalue weighted by molar-refractivity contribution is 0.192. The summed E-state index contributed by atoms with van der Waals surface area (Å²) in [5, 5.41) is 11.5. The lowest BCUT2D eigenvalue weighted by Crippen LogP contribution is -1.98. The highest BCUT2D eigenvalue weighted by molar-refractivity contribution is 5.81. The Morgan fingerprint density at radius 3 is 2.57 bits per heavy atom. The molecule has 1 unspecified atom stereocenters. The van der Waals surface area contributed by atoms with E-state index in [2.05, 4.69) is 0 Å². The maximum Gasteiger partial charge on any atom is 0.138 e. The van der Waals surface area contributed by atoms with Crippen LogP contribution in [0.5, 0.6) is 5.75 Å². The maximum absolute atomic E-state index is 10.5. The van der Waals surface area contributed by atoms with E-state index in [0.29, 0.717) is 12.4 Å². The quantitative estimate of drug-likeness (QED) is 0.779. The summed E-state index contributed by atoms with van der Waals surface area (Å²) in [6, 6.07) is 15.3. The van der Waals surface area contributed by atoms with Crippen molar-refractivity contribution in [3.05, 3.63) is 65.4 Å². The largest absolute Gasteiger partial charge is 0.494 e. The molecule has 1 aromatic heterocycles. The fourth-order valence-electron chi connectivity index (χ4n) is 2.44. The van der Waals surface area contributed by atoms with Crippen molar-refractivity contribution in [2.45, 2.75) is 20.0 Å². The third-order valence-corrected chi connectivity index (χ3v) is 3.54. The SMILES string of the molecule is CCOc1ccc(C(O)c2cc3cccc(C)c3o2)cc1. The summed E-state index contributed by atoms with van der Waals surface area (Å²) < 4.78 is 11.2. The average molecular weight is 282 g/mol. The average Bonchev–Trinajstić information content (AvgIpc) is 2.93. The van der Waals surface area contributed by atoms with Crippen molar-refractivity contribution in [2.24, 2.45) is 0 Å². The number of aliphatic hydroxyl groups is 1. The highest BCUT2D eigenvalue weighted by atomic mass is 16.5. The fourth-order valence-corrected chi connectivity index (χ4v) is 2.44. The summed E-state index contributed by atoms with van der Waals surface area (Å²) in [4.78, 5) is 0. The van der Waals surface area contributed by atoms with E-state index in [4.69, 9.17) is 9.15 Å². The van der Waals surface area contributed by atoms with Crippen LogP contribution in [0.4, 0.5) is 0 Å². The summed E-state index contributed by atoms with van der Waals surface area (Å²) >= 11 is 0. The van der Waals surface area contributed by atoms with Crippen LogP contribution in [-0.2, 0) is 0 Å². The number of ether oxygens (including phenoxy) is 1. The number of benzene rings is 2. The lowest BCUT2D eigenvalue weighted by Gasteiger charge is -2.09. The van der Waals surface area contributed by atoms with E-state index in [1.54, 1.807) is 0 Å². The molecule has 0 bridgehead atoms. The Balaban J connectivity index is 1.92. The Kier molecular flexibility index (Phi) is 3.67. The first-order chi connectivity index (χ1) is 10.2. The van der Waals surface area contributed by atoms with Gasteiger partial charge in [-0.25, -0.2) is 0 Å². The normalized spacial score (nSPS) is 12.5. The van der Waals surface area contributed by atoms with Crippen LogP contribution in [0.25, 0.3) is 11.0 Å². The van der Waals surface area contributed by atoms with Crippen LogP contribution < -0.4 is 4.74 Å². The van der Waals surface area contributed by atoms with Crippen molar-refractivity contribution >= 4 is 11.0 Å². The van der Waals surface area contributed by atoms with E-state index in [-0.39, 0.29) is 0 Å². The number of aryl methyl sites for hydroxylation is 1. The smallest absolute Gasteiger partial charge is 0.138 e. The van der Waals surface area contributed by atoms with Crippen molar-refractivity contribution in [1.82, 2.24) is 0 Å². The molecule has 0 saturated heterocycles. The molecule has 21 heavy (non-hydrogen) atoms. The van der Waals surface area contributed by atoms with E-state index < -0.39 is 6.10 Å². The third-order valence-electron chi connectivity index (χ3n) is 3.54. The summed E-state index contributed by atoms with van der Waals surface area (Å²) in [7, 11) is 0. The van der Waals surface area contributed by atoms with Crippen LogP contribution in [0.2, 0.25) is 0 Å². The number of aliphatic hydroxyl groups excluding tert-OH is 1. The van der Waals surface area contributed by atoms with Gasteiger partial charge >= 0.3 is 0 Å². The number of fused-ring (bicyclic) bond motifs is 1. The summed E-state index contributed by atoms with van der Waals surface area (Å²) in [6.45, 7) is 4.57. The molecule has 108 valence electrons. The molecule has 3 nitrogen and oxygen atoms in total. The second-order valence-corrected chi connectivity index (χ2v) is 5.05. The minimum Gasteiger partial charge on any atom is -0.494 e. The van der Waals surface area contributed by atoms with E-state index in [0.717, 1.165) is 27.8 Å². The second kappa shape index (κ2) is 5.62. The van der Waals surface area contributed by atoms with E-state index in [1.807, 2.05) is 62.4 Å². The van der Waals surface area contributed by atoms with Crippen LogP contribution in [0.3, 0.4) is 0 Å². The van der Waals surface area contributed by atoms with Gasteiger partial charge in [-0.05, 0) is 43.2 Å². The number of para-hydroxylation sites is 1. The van der Waals surface area contributed by atoms with E-state index in [1.165, 1.54) is 0 Å². The van der Waals surface area contributed by atoms with E-state index >= 15 is 0 Å². The van der Waals surface area contributed by atoms with E-state index in [9.17, 15) is 5.11 Å². The molecule has 0 spiro atoms. The van der Waals surface area contributed by atoms with Gasteiger partial charge in [0, 0.05) is 5.39 Å².